The van der Waals surface area contributed by atoms with Crippen molar-refractivity contribution in [2.75, 3.05) is 14.2 Å². The van der Waals surface area contributed by atoms with Gasteiger partial charge in [0, 0.05) is 31.5 Å². The van der Waals surface area contributed by atoms with Crippen molar-refractivity contribution in [1.82, 2.24) is 14.6 Å². The minimum atomic E-state index is -0.160. The van der Waals surface area contributed by atoms with Gasteiger partial charge in [-0.15, -0.1) is 0 Å². The molecule has 0 N–H and O–H groups in total. The second kappa shape index (κ2) is 5.46. The molecule has 0 spiro atoms. The maximum Gasteiger partial charge on any atom is 0.277 e. The zero-order valence-electron chi connectivity index (χ0n) is 10.4. The zero-order chi connectivity index (χ0) is 13.0. The molecule has 0 saturated carbocycles. The fourth-order valence-corrected chi connectivity index (χ4v) is 1.61. The number of benzene rings is 1. The number of carbonyl (C=O) groups excluding carboxylic acids is 1. The minimum absolute atomic E-state index is 0.160. The van der Waals surface area contributed by atoms with Gasteiger partial charge >= 0.3 is 0 Å². The summed E-state index contributed by atoms with van der Waals surface area (Å²) in [7, 11) is 3.05. The molecule has 1 amide bonds. The van der Waals surface area contributed by atoms with Crippen LogP contribution < -0.4 is 0 Å². The number of hydroxylamine groups is 2. The lowest BCUT2D eigenvalue weighted by atomic mass is 10.1. The predicted octanol–water partition coefficient (Wildman–Crippen LogP) is 1.56. The lowest BCUT2D eigenvalue weighted by molar-refractivity contribution is -0.0756. The summed E-state index contributed by atoms with van der Waals surface area (Å²) in [5.41, 5.74) is 1.72. The Hall–Kier alpha value is -2.14. The quantitative estimate of drug-likeness (QED) is 0.768. The van der Waals surface area contributed by atoms with E-state index in [2.05, 4.69) is 4.98 Å². The molecule has 5 heteroatoms. The van der Waals surface area contributed by atoms with Crippen LogP contribution in [0.1, 0.15) is 15.9 Å². The second-order valence-electron chi connectivity index (χ2n) is 3.92. The Morgan fingerprint density at radius 2 is 2.11 bits per heavy atom. The molecule has 0 unspecified atom stereocenters. The highest BCUT2D eigenvalue weighted by molar-refractivity contribution is 5.93. The Morgan fingerprint density at radius 1 is 1.39 bits per heavy atom. The van der Waals surface area contributed by atoms with Crippen molar-refractivity contribution < 1.29 is 9.63 Å². The first-order chi connectivity index (χ1) is 8.70. The van der Waals surface area contributed by atoms with Gasteiger partial charge in [-0.25, -0.2) is 10.0 Å². The normalized spacial score (nSPS) is 10.3. The Balaban J connectivity index is 2.08. The van der Waals surface area contributed by atoms with Crippen LogP contribution in [0.5, 0.6) is 0 Å². The molecule has 0 fully saturated rings. The molecule has 18 heavy (non-hydrogen) atoms. The van der Waals surface area contributed by atoms with Crippen LogP contribution in [-0.4, -0.2) is 34.7 Å². The molecule has 0 atom stereocenters. The lowest BCUT2D eigenvalue weighted by Gasteiger charge is -2.13. The average molecular weight is 245 g/mol. The van der Waals surface area contributed by atoms with E-state index in [1.807, 2.05) is 22.9 Å². The summed E-state index contributed by atoms with van der Waals surface area (Å²) in [6.45, 7) is 0.745. The molecule has 2 rings (SSSR count). The van der Waals surface area contributed by atoms with Gasteiger partial charge in [0.1, 0.15) is 0 Å². The van der Waals surface area contributed by atoms with E-state index < -0.39 is 0 Å². The van der Waals surface area contributed by atoms with E-state index in [0.717, 1.165) is 12.1 Å². The smallest absolute Gasteiger partial charge is 0.277 e. The molecule has 0 aliphatic heterocycles. The molecule has 2 aromatic rings. The van der Waals surface area contributed by atoms with E-state index in [-0.39, 0.29) is 5.91 Å². The Kier molecular flexibility index (Phi) is 3.74. The van der Waals surface area contributed by atoms with E-state index >= 15 is 0 Å². The van der Waals surface area contributed by atoms with Crippen molar-refractivity contribution in [3.8, 4) is 0 Å². The fraction of sp³-hybridized carbons (Fsp3) is 0.231. The average Bonchev–Trinajstić information content (AvgIpc) is 2.91. The van der Waals surface area contributed by atoms with Crippen LogP contribution in [0.2, 0.25) is 0 Å². The Bertz CT molecular complexity index is 506. The third kappa shape index (κ3) is 2.75. The summed E-state index contributed by atoms with van der Waals surface area (Å²) in [6.07, 6.45) is 5.40. The van der Waals surface area contributed by atoms with E-state index in [0.29, 0.717) is 5.56 Å². The molecular formula is C13H15N3O2. The largest absolute Gasteiger partial charge is 0.333 e. The first-order valence-corrected chi connectivity index (χ1v) is 5.57. The molecule has 1 aromatic heterocycles. The highest BCUT2D eigenvalue weighted by atomic mass is 16.7. The molecule has 0 aliphatic rings. The fourth-order valence-electron chi connectivity index (χ4n) is 1.61. The molecule has 5 nitrogen and oxygen atoms in total. The van der Waals surface area contributed by atoms with Gasteiger partial charge in [-0.3, -0.25) is 9.63 Å². The molecule has 0 saturated heterocycles. The summed E-state index contributed by atoms with van der Waals surface area (Å²) < 4.78 is 1.97. The summed E-state index contributed by atoms with van der Waals surface area (Å²) in [6, 6.07) is 7.45. The topological polar surface area (TPSA) is 47.4 Å². The van der Waals surface area contributed by atoms with Gasteiger partial charge < -0.3 is 4.57 Å². The number of carbonyl (C=O) groups is 1. The predicted molar refractivity (Wildman–Crippen MR) is 66.9 cm³/mol. The molecule has 0 bridgehead atoms. The SMILES string of the molecule is CON(C)C(=O)c1ccc(Cn2ccnc2)cc1. The van der Waals surface area contributed by atoms with Crippen LogP contribution in [0.25, 0.3) is 0 Å². The second-order valence-corrected chi connectivity index (χ2v) is 3.92. The Labute approximate surface area is 106 Å². The molecule has 1 heterocycles. The van der Waals surface area contributed by atoms with Gasteiger partial charge in [0.2, 0.25) is 0 Å². The third-order valence-electron chi connectivity index (χ3n) is 2.69. The minimum Gasteiger partial charge on any atom is -0.333 e. The van der Waals surface area contributed by atoms with Crippen LogP contribution in [0.15, 0.2) is 43.0 Å². The van der Waals surface area contributed by atoms with Crippen LogP contribution in [0.4, 0.5) is 0 Å². The number of hydrogen-bond donors (Lipinski definition) is 0. The van der Waals surface area contributed by atoms with Gasteiger partial charge in [-0.05, 0) is 17.7 Å². The molecule has 0 aliphatic carbocycles. The van der Waals surface area contributed by atoms with Crippen LogP contribution >= 0.6 is 0 Å². The molecule has 94 valence electrons. The number of amides is 1. The van der Waals surface area contributed by atoms with Crippen LogP contribution in [0.3, 0.4) is 0 Å². The summed E-state index contributed by atoms with van der Waals surface area (Å²) in [5, 5.41) is 1.20. The number of nitrogens with zero attached hydrogens (tertiary/aromatic N) is 3. The van der Waals surface area contributed by atoms with Gasteiger partial charge in [-0.1, -0.05) is 12.1 Å². The van der Waals surface area contributed by atoms with Gasteiger partial charge in [-0.2, -0.15) is 0 Å². The first kappa shape index (κ1) is 12.3. The number of imidazole rings is 1. The standard InChI is InChI=1S/C13H15N3O2/c1-15(18-2)13(17)12-5-3-11(4-6-12)9-16-8-7-14-10-16/h3-8,10H,9H2,1-2H3. The molecule has 0 radical (unpaired) electrons. The number of aromatic nitrogens is 2. The number of hydrogen-bond acceptors (Lipinski definition) is 3. The van der Waals surface area contributed by atoms with Crippen molar-refractivity contribution in [2.45, 2.75) is 6.54 Å². The van der Waals surface area contributed by atoms with E-state index in [9.17, 15) is 4.79 Å². The van der Waals surface area contributed by atoms with Crippen molar-refractivity contribution in [1.29, 1.82) is 0 Å². The van der Waals surface area contributed by atoms with Crippen molar-refractivity contribution in [3.63, 3.8) is 0 Å². The third-order valence-corrected chi connectivity index (χ3v) is 2.69. The first-order valence-electron chi connectivity index (χ1n) is 5.57. The zero-order valence-corrected chi connectivity index (χ0v) is 10.4. The highest BCUT2D eigenvalue weighted by Gasteiger charge is 2.10. The maximum absolute atomic E-state index is 11.8. The summed E-state index contributed by atoms with van der Waals surface area (Å²) >= 11 is 0. The van der Waals surface area contributed by atoms with E-state index in [1.165, 1.54) is 12.2 Å². The van der Waals surface area contributed by atoms with Crippen LogP contribution in [-0.2, 0) is 11.4 Å². The van der Waals surface area contributed by atoms with Gasteiger partial charge in [0.05, 0.1) is 13.4 Å². The van der Waals surface area contributed by atoms with Crippen molar-refractivity contribution >= 4 is 5.91 Å². The monoisotopic (exact) mass is 245 g/mol. The number of rotatable bonds is 4. The maximum atomic E-state index is 11.8. The summed E-state index contributed by atoms with van der Waals surface area (Å²) in [4.78, 5) is 20.6. The summed E-state index contributed by atoms with van der Waals surface area (Å²) in [5.74, 6) is -0.160. The molecular weight excluding hydrogens is 230 g/mol. The Morgan fingerprint density at radius 3 is 2.67 bits per heavy atom. The van der Waals surface area contributed by atoms with Crippen molar-refractivity contribution in [3.05, 3.63) is 54.1 Å². The van der Waals surface area contributed by atoms with Crippen LogP contribution in [0, 0.1) is 0 Å². The van der Waals surface area contributed by atoms with E-state index in [4.69, 9.17) is 4.84 Å². The van der Waals surface area contributed by atoms with Gasteiger partial charge in [0.15, 0.2) is 0 Å². The lowest BCUT2D eigenvalue weighted by Crippen LogP contribution is -2.25. The van der Waals surface area contributed by atoms with E-state index in [1.54, 1.807) is 31.7 Å². The van der Waals surface area contributed by atoms with Crippen molar-refractivity contribution in [2.24, 2.45) is 0 Å². The molecule has 1 aromatic carbocycles. The highest BCUT2D eigenvalue weighted by Crippen LogP contribution is 2.08. The van der Waals surface area contributed by atoms with Gasteiger partial charge in [0.25, 0.3) is 5.91 Å².